The summed E-state index contributed by atoms with van der Waals surface area (Å²) in [6, 6.07) is 8.83. The van der Waals surface area contributed by atoms with E-state index in [0.717, 1.165) is 77.4 Å². The lowest BCUT2D eigenvalue weighted by atomic mass is 10.1. The number of hydrogen-bond acceptors (Lipinski definition) is 2. The van der Waals surface area contributed by atoms with E-state index in [9.17, 15) is 0 Å². The zero-order valence-corrected chi connectivity index (χ0v) is 23.2. The SMILES string of the molecule is CC[N+](CC)=C(NCCN(C)C)NCc1cccc(CNC(NCCN(C)C)=[N+](CC)CC)c1. The van der Waals surface area contributed by atoms with Crippen LogP contribution in [0.25, 0.3) is 0 Å². The molecule has 34 heavy (non-hydrogen) atoms. The van der Waals surface area contributed by atoms with E-state index < -0.39 is 0 Å². The molecule has 0 saturated heterocycles. The first-order valence-electron chi connectivity index (χ1n) is 12.9. The average molecular weight is 477 g/mol. The summed E-state index contributed by atoms with van der Waals surface area (Å²) >= 11 is 0. The highest BCUT2D eigenvalue weighted by Crippen LogP contribution is 2.05. The largest absolute Gasteiger partial charge is 0.346 e. The number of guanidine groups is 2. The van der Waals surface area contributed by atoms with Crippen molar-refractivity contribution in [2.24, 2.45) is 0 Å². The second-order valence-corrected chi connectivity index (χ2v) is 9.03. The van der Waals surface area contributed by atoms with Crippen LogP contribution in [-0.2, 0) is 13.1 Å². The van der Waals surface area contributed by atoms with E-state index in [-0.39, 0.29) is 0 Å². The van der Waals surface area contributed by atoms with Gasteiger partial charge in [0.1, 0.15) is 0 Å². The first-order valence-corrected chi connectivity index (χ1v) is 12.9. The number of nitrogens with one attached hydrogen (secondary N) is 4. The van der Waals surface area contributed by atoms with Crippen molar-refractivity contribution in [3.8, 4) is 0 Å². The summed E-state index contributed by atoms with van der Waals surface area (Å²) in [4.78, 5) is 4.39. The second kappa shape index (κ2) is 17.2. The third-order valence-corrected chi connectivity index (χ3v) is 5.77. The molecule has 1 rings (SSSR count). The van der Waals surface area contributed by atoms with Crippen molar-refractivity contribution in [2.45, 2.75) is 40.8 Å². The molecule has 0 aliphatic heterocycles. The molecule has 1 aromatic carbocycles. The number of hydrogen-bond donors (Lipinski definition) is 4. The maximum Gasteiger partial charge on any atom is 0.346 e. The van der Waals surface area contributed by atoms with Crippen LogP contribution in [0.5, 0.6) is 0 Å². The molecule has 0 amide bonds. The van der Waals surface area contributed by atoms with Crippen molar-refractivity contribution in [3.63, 3.8) is 0 Å². The predicted molar refractivity (Wildman–Crippen MR) is 146 cm³/mol. The molecule has 0 radical (unpaired) electrons. The van der Waals surface area contributed by atoms with Crippen LogP contribution in [-0.4, -0.2) is 111 Å². The summed E-state index contributed by atoms with van der Waals surface area (Å²) in [6.45, 7) is 18.1. The Labute approximate surface area is 209 Å². The molecule has 194 valence electrons. The van der Waals surface area contributed by atoms with Crippen molar-refractivity contribution >= 4 is 11.9 Å². The van der Waals surface area contributed by atoms with Crippen LogP contribution in [0, 0.1) is 0 Å². The van der Waals surface area contributed by atoms with Gasteiger partial charge in [-0.05, 0) is 73.1 Å². The number of nitrogens with zero attached hydrogens (tertiary/aromatic N) is 4. The summed E-state index contributed by atoms with van der Waals surface area (Å²) in [6.07, 6.45) is 0. The van der Waals surface area contributed by atoms with Crippen molar-refractivity contribution in [2.75, 3.05) is 80.5 Å². The molecular weight excluding hydrogens is 424 g/mol. The molecule has 0 saturated carbocycles. The van der Waals surface area contributed by atoms with E-state index >= 15 is 0 Å². The van der Waals surface area contributed by atoms with Gasteiger partial charge < -0.3 is 9.80 Å². The fourth-order valence-corrected chi connectivity index (χ4v) is 3.67. The maximum absolute atomic E-state index is 3.64. The van der Waals surface area contributed by atoms with Crippen LogP contribution in [0.3, 0.4) is 0 Å². The van der Waals surface area contributed by atoms with E-state index in [1.54, 1.807) is 0 Å². The number of likely N-dealkylation sites (N-methyl/N-ethyl adjacent to an activating group) is 2. The third kappa shape index (κ3) is 11.7. The Morgan fingerprint density at radius 1 is 0.647 bits per heavy atom. The lowest BCUT2D eigenvalue weighted by Crippen LogP contribution is -2.46. The zero-order valence-electron chi connectivity index (χ0n) is 23.2. The van der Waals surface area contributed by atoms with Gasteiger partial charge in [0.25, 0.3) is 0 Å². The summed E-state index contributed by atoms with van der Waals surface area (Å²) in [7, 11) is 8.41. The predicted octanol–water partition coefficient (Wildman–Crippen LogP) is 0.985. The van der Waals surface area contributed by atoms with Crippen molar-refractivity contribution < 1.29 is 9.15 Å². The summed E-state index contributed by atoms with van der Waals surface area (Å²) in [5.41, 5.74) is 2.56. The molecule has 1 aromatic rings. The lowest BCUT2D eigenvalue weighted by molar-refractivity contribution is -0.525. The van der Waals surface area contributed by atoms with Crippen LogP contribution >= 0.6 is 0 Å². The molecule has 0 bridgehead atoms. The molecule has 0 aliphatic carbocycles. The smallest absolute Gasteiger partial charge is 0.306 e. The molecule has 8 heteroatoms. The Morgan fingerprint density at radius 2 is 1.03 bits per heavy atom. The van der Waals surface area contributed by atoms with Gasteiger partial charge in [0, 0.05) is 13.1 Å². The molecular formula is C26H52N8+2. The summed E-state index contributed by atoms with van der Waals surface area (Å²) < 4.78 is 4.68. The van der Waals surface area contributed by atoms with Crippen LogP contribution in [0.4, 0.5) is 0 Å². The Kier molecular flexibility index (Phi) is 15.0. The Balaban J connectivity index is 2.82. The van der Waals surface area contributed by atoms with Gasteiger partial charge >= 0.3 is 11.9 Å². The minimum atomic E-state index is 0.794. The minimum absolute atomic E-state index is 0.794. The van der Waals surface area contributed by atoms with E-state index in [1.165, 1.54) is 11.1 Å². The van der Waals surface area contributed by atoms with Gasteiger partial charge in [-0.1, -0.05) is 18.2 Å². The molecule has 4 N–H and O–H groups in total. The third-order valence-electron chi connectivity index (χ3n) is 5.77. The van der Waals surface area contributed by atoms with E-state index in [0.29, 0.717) is 0 Å². The molecule has 0 atom stereocenters. The summed E-state index contributed by atoms with van der Waals surface area (Å²) in [5, 5.41) is 14.5. The first-order chi connectivity index (χ1) is 16.3. The maximum atomic E-state index is 3.64. The quantitative estimate of drug-likeness (QED) is 0.183. The Morgan fingerprint density at radius 3 is 1.35 bits per heavy atom. The highest BCUT2D eigenvalue weighted by Gasteiger charge is 2.13. The highest BCUT2D eigenvalue weighted by molar-refractivity contribution is 5.75. The second-order valence-electron chi connectivity index (χ2n) is 9.03. The highest BCUT2D eigenvalue weighted by atomic mass is 15.3. The Hall–Kier alpha value is -2.32. The molecule has 0 heterocycles. The first kappa shape index (κ1) is 29.7. The van der Waals surface area contributed by atoms with Crippen LogP contribution < -0.4 is 21.3 Å². The van der Waals surface area contributed by atoms with Gasteiger partial charge in [0.2, 0.25) is 0 Å². The van der Waals surface area contributed by atoms with Gasteiger partial charge in [-0.3, -0.25) is 30.4 Å². The lowest BCUT2D eigenvalue weighted by Gasteiger charge is -2.15. The fraction of sp³-hybridized carbons (Fsp3) is 0.692. The van der Waals surface area contributed by atoms with Gasteiger partial charge in [-0.25, -0.2) is 0 Å². The van der Waals surface area contributed by atoms with Crippen molar-refractivity contribution in [1.29, 1.82) is 0 Å². The molecule has 0 fully saturated rings. The van der Waals surface area contributed by atoms with Gasteiger partial charge in [-0.2, -0.15) is 0 Å². The monoisotopic (exact) mass is 476 g/mol. The van der Waals surface area contributed by atoms with Crippen LogP contribution in [0.2, 0.25) is 0 Å². The van der Waals surface area contributed by atoms with Gasteiger partial charge in [0.15, 0.2) is 0 Å². The van der Waals surface area contributed by atoms with E-state index in [2.05, 4.69) is 120 Å². The van der Waals surface area contributed by atoms with E-state index in [4.69, 9.17) is 0 Å². The fourth-order valence-electron chi connectivity index (χ4n) is 3.67. The normalized spacial score (nSPS) is 10.9. The zero-order chi connectivity index (χ0) is 25.3. The van der Waals surface area contributed by atoms with Gasteiger partial charge in [-0.15, -0.1) is 0 Å². The Bertz CT molecular complexity index is 684. The average Bonchev–Trinajstić information content (AvgIpc) is 2.81. The molecule has 0 unspecified atom stereocenters. The van der Waals surface area contributed by atoms with E-state index in [1.807, 2.05) is 0 Å². The summed E-state index contributed by atoms with van der Waals surface area (Å²) in [5.74, 6) is 2.22. The van der Waals surface area contributed by atoms with Crippen molar-refractivity contribution in [1.82, 2.24) is 31.1 Å². The van der Waals surface area contributed by atoms with Crippen LogP contribution in [0.15, 0.2) is 24.3 Å². The standard InChI is InChI=1S/C26H50N8/c1-9-33(10-2)25(27-16-18-31(5)6)29-21-23-14-13-15-24(20-23)22-30-26(34(11-3)12-4)28-17-19-32(7)8/h13-15,20H,9-12,16-19,21-22H2,1-8H3,(H2,27,28,29,30)/p+2. The molecule has 8 nitrogen and oxygen atoms in total. The molecule has 0 aliphatic rings. The topological polar surface area (TPSA) is 60.6 Å². The van der Waals surface area contributed by atoms with Crippen molar-refractivity contribution in [3.05, 3.63) is 35.4 Å². The molecule has 0 spiro atoms. The molecule has 0 aromatic heterocycles. The number of benzene rings is 1. The van der Waals surface area contributed by atoms with Crippen LogP contribution in [0.1, 0.15) is 38.8 Å². The van der Waals surface area contributed by atoms with Gasteiger partial charge in [0.05, 0.1) is 52.4 Å². The number of rotatable bonds is 14. The minimum Gasteiger partial charge on any atom is -0.306 e.